The molecule has 0 saturated heterocycles. The minimum Gasteiger partial charge on any atom is -0.325 e. The Bertz CT molecular complexity index is 1220. The van der Waals surface area contributed by atoms with Crippen LogP contribution in [-0.4, -0.2) is 26.1 Å². The Morgan fingerprint density at radius 3 is 2.74 bits per heavy atom. The fraction of sp³-hybridized carbons (Fsp3) is 0.286. The minimum absolute atomic E-state index is 0.00156. The van der Waals surface area contributed by atoms with E-state index in [1.54, 1.807) is 16.7 Å². The van der Waals surface area contributed by atoms with E-state index < -0.39 is 4.92 Å². The highest BCUT2D eigenvalue weighted by atomic mass is 35.5. The maximum absolute atomic E-state index is 13.1. The molecular formula is C21H19ClN4O4S. The Kier molecular flexibility index (Phi) is 6.24. The molecule has 0 aliphatic heterocycles. The monoisotopic (exact) mass is 458 g/mol. The van der Waals surface area contributed by atoms with Gasteiger partial charge in [-0.25, -0.2) is 4.98 Å². The van der Waals surface area contributed by atoms with E-state index in [4.69, 9.17) is 11.6 Å². The number of carbonyl (C=O) groups is 1. The number of hydrogen-bond acceptors (Lipinski definition) is 6. The third kappa shape index (κ3) is 4.57. The predicted molar refractivity (Wildman–Crippen MR) is 121 cm³/mol. The van der Waals surface area contributed by atoms with Crippen LogP contribution in [0.25, 0.3) is 10.9 Å². The van der Waals surface area contributed by atoms with Gasteiger partial charge in [-0.3, -0.25) is 24.3 Å². The second-order valence-electron chi connectivity index (χ2n) is 7.29. The van der Waals surface area contributed by atoms with Crippen molar-refractivity contribution in [2.45, 2.75) is 36.9 Å². The molecule has 1 saturated carbocycles. The summed E-state index contributed by atoms with van der Waals surface area (Å²) in [6.45, 7) is 0. The van der Waals surface area contributed by atoms with Crippen LogP contribution in [-0.2, 0) is 4.79 Å². The first-order valence-corrected chi connectivity index (χ1v) is 11.2. The van der Waals surface area contributed by atoms with Gasteiger partial charge in [0.25, 0.3) is 11.2 Å². The number of amides is 1. The molecule has 8 nitrogen and oxygen atoms in total. The third-order valence-corrected chi connectivity index (χ3v) is 6.50. The van der Waals surface area contributed by atoms with Crippen molar-refractivity contribution in [3.63, 3.8) is 0 Å². The van der Waals surface area contributed by atoms with Crippen molar-refractivity contribution in [2.24, 2.45) is 0 Å². The van der Waals surface area contributed by atoms with Crippen LogP contribution in [0.5, 0.6) is 0 Å². The van der Waals surface area contributed by atoms with E-state index in [-0.39, 0.29) is 39.7 Å². The van der Waals surface area contributed by atoms with Gasteiger partial charge in [0.2, 0.25) is 5.91 Å². The lowest BCUT2D eigenvalue weighted by Gasteiger charge is -2.18. The Labute approximate surface area is 186 Å². The smallest absolute Gasteiger partial charge is 0.289 e. The van der Waals surface area contributed by atoms with Gasteiger partial charge in [0, 0.05) is 17.8 Å². The number of carbonyl (C=O) groups excluding carboxylic acids is 1. The molecule has 31 heavy (non-hydrogen) atoms. The number of thioether (sulfide) groups is 1. The molecule has 1 heterocycles. The topological polar surface area (TPSA) is 107 Å². The number of nitrogens with zero attached hydrogens (tertiary/aromatic N) is 3. The highest BCUT2D eigenvalue weighted by molar-refractivity contribution is 7.99. The lowest BCUT2D eigenvalue weighted by molar-refractivity contribution is -0.384. The molecule has 0 unspecified atom stereocenters. The Balaban J connectivity index is 1.56. The van der Waals surface area contributed by atoms with Gasteiger partial charge < -0.3 is 5.32 Å². The Hall–Kier alpha value is -2.91. The molecule has 1 aromatic heterocycles. The number of nitro groups is 1. The van der Waals surface area contributed by atoms with E-state index in [0.717, 1.165) is 25.7 Å². The molecule has 160 valence electrons. The number of para-hydroxylation sites is 1. The predicted octanol–water partition coefficient (Wildman–Crippen LogP) is 4.80. The summed E-state index contributed by atoms with van der Waals surface area (Å²) in [6, 6.07) is 11.4. The van der Waals surface area contributed by atoms with Gasteiger partial charge in [-0.05, 0) is 37.1 Å². The van der Waals surface area contributed by atoms with Gasteiger partial charge in [-0.1, -0.05) is 48.3 Å². The van der Waals surface area contributed by atoms with Crippen molar-refractivity contribution in [1.29, 1.82) is 0 Å². The lowest BCUT2D eigenvalue weighted by Crippen LogP contribution is -2.27. The number of halogens is 1. The number of hydrogen-bond donors (Lipinski definition) is 1. The highest BCUT2D eigenvalue weighted by Crippen LogP contribution is 2.32. The summed E-state index contributed by atoms with van der Waals surface area (Å²) in [4.78, 5) is 40.7. The Morgan fingerprint density at radius 2 is 2.00 bits per heavy atom. The van der Waals surface area contributed by atoms with E-state index in [1.165, 1.54) is 30.0 Å². The molecule has 0 atom stereocenters. The number of anilines is 1. The number of fused-ring (bicyclic) bond motifs is 1. The van der Waals surface area contributed by atoms with Gasteiger partial charge in [0.1, 0.15) is 5.02 Å². The maximum atomic E-state index is 13.1. The second kappa shape index (κ2) is 9.07. The molecule has 0 radical (unpaired) electrons. The van der Waals surface area contributed by atoms with E-state index >= 15 is 0 Å². The summed E-state index contributed by atoms with van der Waals surface area (Å²) in [5, 5.41) is 14.7. The van der Waals surface area contributed by atoms with Crippen molar-refractivity contribution in [3.05, 3.63) is 68.0 Å². The van der Waals surface area contributed by atoms with Gasteiger partial charge >= 0.3 is 0 Å². The number of nitrogens with one attached hydrogen (secondary N) is 1. The summed E-state index contributed by atoms with van der Waals surface area (Å²) in [5.74, 6) is -0.351. The second-order valence-corrected chi connectivity index (χ2v) is 8.63. The van der Waals surface area contributed by atoms with Gasteiger partial charge in [0.05, 0.1) is 21.6 Å². The SMILES string of the molecule is O=C(CSc1nc2ccccc2c(=O)n1C1CCCC1)Nc1ccc(Cl)c([N+](=O)[O-])c1. The van der Waals surface area contributed by atoms with Crippen LogP contribution in [0, 0.1) is 10.1 Å². The molecule has 10 heteroatoms. The molecule has 1 N–H and O–H groups in total. The average Bonchev–Trinajstić information content (AvgIpc) is 3.28. The average molecular weight is 459 g/mol. The van der Waals surface area contributed by atoms with Crippen LogP contribution in [0.15, 0.2) is 52.4 Å². The number of benzene rings is 2. The molecule has 1 aliphatic carbocycles. The number of aromatic nitrogens is 2. The van der Waals surface area contributed by atoms with E-state index in [2.05, 4.69) is 10.3 Å². The van der Waals surface area contributed by atoms with Crippen LogP contribution < -0.4 is 10.9 Å². The zero-order chi connectivity index (χ0) is 22.0. The zero-order valence-electron chi connectivity index (χ0n) is 16.4. The van der Waals surface area contributed by atoms with Crippen LogP contribution in [0.2, 0.25) is 5.02 Å². The van der Waals surface area contributed by atoms with Crippen molar-refractivity contribution in [3.8, 4) is 0 Å². The normalized spacial score (nSPS) is 14.1. The van der Waals surface area contributed by atoms with Gasteiger partial charge in [-0.2, -0.15) is 0 Å². The molecule has 0 spiro atoms. The first kappa shape index (κ1) is 21.3. The minimum atomic E-state index is -0.605. The van der Waals surface area contributed by atoms with E-state index in [9.17, 15) is 19.7 Å². The van der Waals surface area contributed by atoms with Crippen LogP contribution >= 0.6 is 23.4 Å². The Morgan fingerprint density at radius 1 is 1.26 bits per heavy atom. The third-order valence-electron chi connectivity index (χ3n) is 5.22. The van der Waals surface area contributed by atoms with E-state index in [1.807, 2.05) is 12.1 Å². The zero-order valence-corrected chi connectivity index (χ0v) is 18.0. The molecular weight excluding hydrogens is 440 g/mol. The molecule has 4 rings (SSSR count). The first-order valence-electron chi connectivity index (χ1n) is 9.82. The largest absolute Gasteiger partial charge is 0.325 e. The number of rotatable bonds is 6. The van der Waals surface area contributed by atoms with Gasteiger partial charge in [0.15, 0.2) is 5.16 Å². The molecule has 1 fully saturated rings. The lowest BCUT2D eigenvalue weighted by atomic mass is 10.2. The molecule has 3 aromatic rings. The fourth-order valence-corrected chi connectivity index (χ4v) is 4.82. The summed E-state index contributed by atoms with van der Waals surface area (Å²) in [7, 11) is 0. The molecule has 0 bridgehead atoms. The van der Waals surface area contributed by atoms with Crippen LogP contribution in [0.3, 0.4) is 0 Å². The van der Waals surface area contributed by atoms with Crippen LogP contribution in [0.4, 0.5) is 11.4 Å². The fourth-order valence-electron chi connectivity index (χ4n) is 3.77. The van der Waals surface area contributed by atoms with Crippen molar-refractivity contribution >= 4 is 51.5 Å². The quantitative estimate of drug-likeness (QED) is 0.246. The standard InChI is InChI=1S/C21H19ClN4O4S/c22-16-10-9-13(11-18(16)26(29)30)23-19(27)12-31-21-24-17-8-4-3-7-15(17)20(28)25(21)14-5-1-2-6-14/h3-4,7-11,14H,1-2,5-6,12H2,(H,23,27). The van der Waals surface area contributed by atoms with E-state index in [0.29, 0.717) is 16.1 Å². The summed E-state index contributed by atoms with van der Waals surface area (Å²) < 4.78 is 1.72. The summed E-state index contributed by atoms with van der Waals surface area (Å²) >= 11 is 7.00. The molecule has 2 aromatic carbocycles. The number of nitro benzene ring substituents is 1. The first-order chi connectivity index (χ1) is 14.9. The maximum Gasteiger partial charge on any atom is 0.289 e. The van der Waals surface area contributed by atoms with Crippen molar-refractivity contribution in [2.75, 3.05) is 11.1 Å². The highest BCUT2D eigenvalue weighted by Gasteiger charge is 2.23. The van der Waals surface area contributed by atoms with Crippen molar-refractivity contribution in [1.82, 2.24) is 9.55 Å². The van der Waals surface area contributed by atoms with Crippen LogP contribution in [0.1, 0.15) is 31.7 Å². The summed E-state index contributed by atoms with van der Waals surface area (Å²) in [6.07, 6.45) is 3.94. The molecule has 1 amide bonds. The van der Waals surface area contributed by atoms with Crippen molar-refractivity contribution < 1.29 is 9.72 Å². The van der Waals surface area contributed by atoms with Gasteiger partial charge in [-0.15, -0.1) is 0 Å². The molecule has 1 aliphatic rings. The summed E-state index contributed by atoms with van der Waals surface area (Å²) in [5.41, 5.74) is 0.506.